The molecule has 0 saturated heterocycles. The first-order valence-corrected chi connectivity index (χ1v) is 7.38. The average Bonchev–Trinajstić information content (AvgIpc) is 2.35. The summed E-state index contributed by atoms with van der Waals surface area (Å²) in [6.07, 6.45) is 5.21. The van der Waals surface area contributed by atoms with Crippen molar-refractivity contribution in [1.29, 1.82) is 0 Å². The summed E-state index contributed by atoms with van der Waals surface area (Å²) >= 11 is 1.69. The third-order valence-corrected chi connectivity index (χ3v) is 4.36. The summed E-state index contributed by atoms with van der Waals surface area (Å²) in [6.45, 7) is 2.66. The van der Waals surface area contributed by atoms with Crippen LogP contribution in [-0.2, 0) is 9.59 Å². The fourth-order valence-electron chi connectivity index (χ4n) is 2.20. The van der Waals surface area contributed by atoms with Gasteiger partial charge in [-0.1, -0.05) is 19.8 Å². The van der Waals surface area contributed by atoms with Gasteiger partial charge in [0.15, 0.2) is 0 Å². The van der Waals surface area contributed by atoms with Crippen molar-refractivity contribution in [2.24, 2.45) is 11.8 Å². The Labute approximate surface area is 107 Å². The average molecular weight is 259 g/mol. The maximum absolute atomic E-state index is 11.9. The third kappa shape index (κ3) is 4.22. The number of thioether (sulfide) groups is 1. The lowest BCUT2D eigenvalue weighted by Crippen LogP contribution is -2.41. The van der Waals surface area contributed by atoms with E-state index in [0.29, 0.717) is 24.6 Å². The molecule has 0 aromatic heterocycles. The van der Waals surface area contributed by atoms with Crippen LogP contribution in [0.3, 0.4) is 0 Å². The molecule has 1 amide bonds. The molecule has 3 unspecified atom stereocenters. The standard InChI is InChI=1S/C12H21NO3S/c1-8(17-2)7-13-11(14)9-5-3-4-6-10(9)12(15)16/h8-10H,3-7H2,1-2H3,(H,13,14)(H,15,16). The van der Waals surface area contributed by atoms with E-state index in [1.165, 1.54) is 0 Å². The molecule has 2 N–H and O–H groups in total. The van der Waals surface area contributed by atoms with E-state index >= 15 is 0 Å². The van der Waals surface area contributed by atoms with Gasteiger partial charge < -0.3 is 10.4 Å². The summed E-state index contributed by atoms with van der Waals surface area (Å²) in [5.41, 5.74) is 0. The minimum Gasteiger partial charge on any atom is -0.481 e. The monoisotopic (exact) mass is 259 g/mol. The van der Waals surface area contributed by atoms with Gasteiger partial charge in [-0.2, -0.15) is 11.8 Å². The fraction of sp³-hybridized carbons (Fsp3) is 0.833. The zero-order valence-corrected chi connectivity index (χ0v) is 11.3. The first-order chi connectivity index (χ1) is 8.06. The van der Waals surface area contributed by atoms with E-state index < -0.39 is 11.9 Å². The molecule has 0 radical (unpaired) electrons. The smallest absolute Gasteiger partial charge is 0.307 e. The number of carbonyl (C=O) groups is 2. The lowest BCUT2D eigenvalue weighted by Gasteiger charge is -2.27. The first kappa shape index (κ1) is 14.4. The Morgan fingerprint density at radius 2 is 1.94 bits per heavy atom. The largest absolute Gasteiger partial charge is 0.481 e. The van der Waals surface area contributed by atoms with E-state index in [4.69, 9.17) is 5.11 Å². The zero-order valence-electron chi connectivity index (χ0n) is 10.4. The van der Waals surface area contributed by atoms with Gasteiger partial charge in [-0.05, 0) is 19.1 Å². The maximum Gasteiger partial charge on any atom is 0.307 e. The molecule has 17 heavy (non-hydrogen) atoms. The predicted octanol–water partition coefficient (Wildman–Crippen LogP) is 1.75. The quantitative estimate of drug-likeness (QED) is 0.789. The van der Waals surface area contributed by atoms with Gasteiger partial charge in [-0.3, -0.25) is 9.59 Å². The van der Waals surface area contributed by atoms with Gasteiger partial charge in [0.2, 0.25) is 5.91 Å². The molecule has 98 valence electrons. The number of nitrogens with one attached hydrogen (secondary N) is 1. The van der Waals surface area contributed by atoms with Crippen LogP contribution in [0.4, 0.5) is 0 Å². The normalized spacial score (nSPS) is 26.2. The molecule has 3 atom stereocenters. The number of hydrogen-bond donors (Lipinski definition) is 2. The Kier molecular flexibility index (Phi) is 5.82. The van der Waals surface area contributed by atoms with Gasteiger partial charge in [0.05, 0.1) is 11.8 Å². The Morgan fingerprint density at radius 1 is 1.35 bits per heavy atom. The lowest BCUT2D eigenvalue weighted by molar-refractivity contribution is -0.148. The van der Waals surface area contributed by atoms with E-state index in [9.17, 15) is 9.59 Å². The van der Waals surface area contributed by atoms with Crippen molar-refractivity contribution in [1.82, 2.24) is 5.32 Å². The summed E-state index contributed by atoms with van der Waals surface area (Å²) in [4.78, 5) is 23.0. The minimum atomic E-state index is -0.831. The van der Waals surface area contributed by atoms with Crippen molar-refractivity contribution in [2.75, 3.05) is 12.8 Å². The molecule has 5 heteroatoms. The van der Waals surface area contributed by atoms with Crippen LogP contribution in [0.2, 0.25) is 0 Å². The van der Waals surface area contributed by atoms with Gasteiger partial charge in [-0.15, -0.1) is 0 Å². The van der Waals surface area contributed by atoms with Crippen LogP contribution in [0.5, 0.6) is 0 Å². The van der Waals surface area contributed by atoms with E-state index in [0.717, 1.165) is 12.8 Å². The highest BCUT2D eigenvalue weighted by Crippen LogP contribution is 2.30. The van der Waals surface area contributed by atoms with Crippen LogP contribution >= 0.6 is 11.8 Å². The highest BCUT2D eigenvalue weighted by atomic mass is 32.2. The molecule has 0 aromatic carbocycles. The highest BCUT2D eigenvalue weighted by Gasteiger charge is 2.35. The van der Waals surface area contributed by atoms with Crippen LogP contribution in [0.25, 0.3) is 0 Å². The van der Waals surface area contributed by atoms with Gasteiger partial charge in [-0.25, -0.2) is 0 Å². The number of rotatable bonds is 5. The summed E-state index contributed by atoms with van der Waals surface area (Å²) in [6, 6.07) is 0. The summed E-state index contributed by atoms with van der Waals surface area (Å²) in [5, 5.41) is 12.3. The molecule has 0 spiro atoms. The van der Waals surface area contributed by atoms with Crippen molar-refractivity contribution >= 4 is 23.6 Å². The van der Waals surface area contributed by atoms with Crippen molar-refractivity contribution in [3.8, 4) is 0 Å². The predicted molar refractivity (Wildman–Crippen MR) is 69.1 cm³/mol. The van der Waals surface area contributed by atoms with Crippen molar-refractivity contribution in [3.63, 3.8) is 0 Å². The topological polar surface area (TPSA) is 66.4 Å². The van der Waals surface area contributed by atoms with Crippen LogP contribution in [-0.4, -0.2) is 35.0 Å². The Bertz CT molecular complexity index is 283. The number of carboxylic acids is 1. The molecule has 1 saturated carbocycles. The molecule has 1 aliphatic rings. The third-order valence-electron chi connectivity index (χ3n) is 3.39. The van der Waals surface area contributed by atoms with Gasteiger partial charge in [0.25, 0.3) is 0 Å². The lowest BCUT2D eigenvalue weighted by atomic mass is 9.79. The van der Waals surface area contributed by atoms with Crippen molar-refractivity contribution in [3.05, 3.63) is 0 Å². The van der Waals surface area contributed by atoms with Crippen molar-refractivity contribution in [2.45, 2.75) is 37.9 Å². The van der Waals surface area contributed by atoms with Crippen molar-refractivity contribution < 1.29 is 14.7 Å². The molecule has 0 bridgehead atoms. The number of aliphatic carboxylic acids is 1. The molecule has 1 rings (SSSR count). The summed E-state index contributed by atoms with van der Waals surface area (Å²) < 4.78 is 0. The number of hydrogen-bond acceptors (Lipinski definition) is 3. The number of carbonyl (C=O) groups excluding carboxylic acids is 1. The van der Waals surface area contributed by atoms with Crippen LogP contribution < -0.4 is 5.32 Å². The molecule has 0 aliphatic heterocycles. The molecule has 1 fully saturated rings. The second kappa shape index (κ2) is 6.89. The molecule has 0 aromatic rings. The van der Waals surface area contributed by atoms with E-state index in [-0.39, 0.29) is 11.8 Å². The molecule has 0 heterocycles. The first-order valence-electron chi connectivity index (χ1n) is 6.09. The highest BCUT2D eigenvalue weighted by molar-refractivity contribution is 7.99. The van der Waals surface area contributed by atoms with Crippen LogP contribution in [0.15, 0.2) is 0 Å². The molecular weight excluding hydrogens is 238 g/mol. The second-order valence-electron chi connectivity index (χ2n) is 4.63. The Balaban J connectivity index is 2.50. The van der Waals surface area contributed by atoms with Crippen LogP contribution in [0.1, 0.15) is 32.6 Å². The Morgan fingerprint density at radius 3 is 2.47 bits per heavy atom. The SMILES string of the molecule is CSC(C)CNC(=O)C1CCCCC1C(=O)O. The molecular formula is C12H21NO3S. The van der Waals surface area contributed by atoms with E-state index in [2.05, 4.69) is 5.32 Å². The van der Waals surface area contributed by atoms with Gasteiger partial charge >= 0.3 is 5.97 Å². The van der Waals surface area contributed by atoms with Gasteiger partial charge in [0, 0.05) is 11.8 Å². The maximum atomic E-state index is 11.9. The number of amides is 1. The zero-order chi connectivity index (χ0) is 12.8. The second-order valence-corrected chi connectivity index (χ2v) is 5.90. The van der Waals surface area contributed by atoms with E-state index in [1.807, 2.05) is 13.2 Å². The van der Waals surface area contributed by atoms with Gasteiger partial charge in [0.1, 0.15) is 0 Å². The summed E-state index contributed by atoms with van der Waals surface area (Å²) in [7, 11) is 0. The molecule has 1 aliphatic carbocycles. The fourth-order valence-corrected chi connectivity index (χ4v) is 2.45. The number of carboxylic acid groups (broad SMARTS) is 1. The summed E-state index contributed by atoms with van der Waals surface area (Å²) in [5.74, 6) is -1.75. The Hall–Kier alpha value is -0.710. The minimum absolute atomic E-state index is 0.0852. The molecule has 4 nitrogen and oxygen atoms in total. The van der Waals surface area contributed by atoms with E-state index in [1.54, 1.807) is 11.8 Å². The van der Waals surface area contributed by atoms with Crippen LogP contribution in [0, 0.1) is 11.8 Å².